The lowest BCUT2D eigenvalue weighted by atomic mass is 9.84. The van der Waals surface area contributed by atoms with E-state index in [1.165, 1.54) is 31.4 Å². The summed E-state index contributed by atoms with van der Waals surface area (Å²) in [7, 11) is -3.62. The Bertz CT molecular complexity index is 1030. The number of carbonyl (C=O) groups is 2. The zero-order chi connectivity index (χ0) is 22.7. The Morgan fingerprint density at radius 3 is 2.62 bits per heavy atom. The molecule has 4 aliphatic rings. The Kier molecular flexibility index (Phi) is 5.57. The van der Waals surface area contributed by atoms with Crippen molar-refractivity contribution in [1.82, 2.24) is 9.62 Å². The molecule has 32 heavy (non-hydrogen) atoms. The zero-order valence-electron chi connectivity index (χ0n) is 18.5. The van der Waals surface area contributed by atoms with E-state index in [2.05, 4.69) is 10.0 Å². The van der Waals surface area contributed by atoms with Crippen LogP contribution >= 0.6 is 11.8 Å². The van der Waals surface area contributed by atoms with Crippen molar-refractivity contribution in [1.29, 1.82) is 0 Å². The van der Waals surface area contributed by atoms with Gasteiger partial charge in [0.1, 0.15) is 6.04 Å². The third-order valence-electron chi connectivity index (χ3n) is 7.96. The number of hydrogen-bond donors (Lipinski definition) is 2. The normalized spacial score (nSPS) is 34.7. The molecule has 6 atom stereocenters. The van der Waals surface area contributed by atoms with Gasteiger partial charge in [-0.25, -0.2) is 13.1 Å². The van der Waals surface area contributed by atoms with Crippen LogP contribution in [0.3, 0.4) is 0 Å². The molecule has 2 bridgehead atoms. The first-order chi connectivity index (χ1) is 15.2. The highest BCUT2D eigenvalue weighted by atomic mass is 32.2. The summed E-state index contributed by atoms with van der Waals surface area (Å²) in [5, 5.41) is 2.86. The molecule has 2 N–H and O–H groups in total. The Hall–Kier alpha value is -1.58. The van der Waals surface area contributed by atoms with Crippen LogP contribution in [0.2, 0.25) is 0 Å². The van der Waals surface area contributed by atoms with Crippen molar-refractivity contribution < 1.29 is 18.0 Å². The predicted molar refractivity (Wildman–Crippen MR) is 125 cm³/mol. The van der Waals surface area contributed by atoms with E-state index in [0.717, 1.165) is 18.8 Å². The fourth-order valence-corrected chi connectivity index (χ4v) is 8.99. The Balaban J connectivity index is 1.22. The molecular formula is C23H31N3O4S2. The van der Waals surface area contributed by atoms with E-state index in [4.69, 9.17) is 0 Å². The van der Waals surface area contributed by atoms with Crippen molar-refractivity contribution in [2.45, 2.75) is 74.2 Å². The van der Waals surface area contributed by atoms with E-state index in [1.54, 1.807) is 28.8 Å². The van der Waals surface area contributed by atoms with E-state index >= 15 is 0 Å². The second-order valence-electron chi connectivity index (χ2n) is 10.0. The molecule has 2 aliphatic carbocycles. The summed E-state index contributed by atoms with van der Waals surface area (Å²) in [6.45, 7) is 3.99. The van der Waals surface area contributed by atoms with Gasteiger partial charge in [0.05, 0.1) is 9.77 Å². The van der Waals surface area contributed by atoms with E-state index in [9.17, 15) is 18.0 Å². The van der Waals surface area contributed by atoms with Gasteiger partial charge in [0.2, 0.25) is 21.8 Å². The van der Waals surface area contributed by atoms with Crippen LogP contribution in [0, 0.1) is 17.8 Å². The van der Waals surface area contributed by atoms with Gasteiger partial charge in [-0.3, -0.25) is 9.59 Å². The summed E-state index contributed by atoms with van der Waals surface area (Å²) in [4.78, 5) is 26.7. The molecule has 0 spiro atoms. The smallest absolute Gasteiger partial charge is 0.248 e. The molecule has 2 heterocycles. The van der Waals surface area contributed by atoms with E-state index in [-0.39, 0.29) is 27.6 Å². The van der Waals surface area contributed by atoms with Crippen LogP contribution in [0.4, 0.5) is 5.69 Å². The fourth-order valence-electron chi connectivity index (χ4n) is 6.26. The number of anilines is 1. The van der Waals surface area contributed by atoms with Crippen LogP contribution < -0.4 is 10.0 Å². The van der Waals surface area contributed by atoms with Crippen LogP contribution in [-0.4, -0.2) is 47.8 Å². The first-order valence-corrected chi connectivity index (χ1v) is 14.0. The first kappa shape index (κ1) is 22.2. The highest BCUT2D eigenvalue weighted by Crippen LogP contribution is 2.50. The number of sulfonamides is 1. The Morgan fingerprint density at radius 1 is 1.22 bits per heavy atom. The number of amides is 2. The van der Waals surface area contributed by atoms with Crippen LogP contribution in [0.1, 0.15) is 52.4 Å². The molecule has 1 aromatic rings. The highest BCUT2D eigenvalue weighted by molar-refractivity contribution is 8.01. The first-order valence-electron chi connectivity index (χ1n) is 11.6. The molecule has 4 fully saturated rings. The van der Waals surface area contributed by atoms with Crippen molar-refractivity contribution in [3.63, 3.8) is 0 Å². The predicted octanol–water partition coefficient (Wildman–Crippen LogP) is 3.18. The number of thioether (sulfide) groups is 1. The van der Waals surface area contributed by atoms with E-state index in [1.807, 2.05) is 13.8 Å². The average molecular weight is 478 g/mol. The fraction of sp³-hybridized carbons (Fsp3) is 0.652. The number of fused-ring (bicyclic) bond motifs is 3. The molecule has 7 nitrogen and oxygen atoms in total. The van der Waals surface area contributed by atoms with Crippen molar-refractivity contribution in [2.75, 3.05) is 11.1 Å². The molecular weight excluding hydrogens is 446 g/mol. The number of benzene rings is 1. The van der Waals surface area contributed by atoms with Gasteiger partial charge in [0, 0.05) is 23.9 Å². The van der Waals surface area contributed by atoms with Crippen molar-refractivity contribution in [3.8, 4) is 0 Å². The number of nitrogens with one attached hydrogen (secondary N) is 2. The van der Waals surface area contributed by atoms with Crippen molar-refractivity contribution in [2.24, 2.45) is 17.8 Å². The maximum absolute atomic E-state index is 12.9. The van der Waals surface area contributed by atoms with Gasteiger partial charge in [-0.05, 0) is 81.5 Å². The van der Waals surface area contributed by atoms with Gasteiger partial charge < -0.3 is 10.2 Å². The molecule has 1 aromatic carbocycles. The second kappa shape index (κ2) is 8.02. The van der Waals surface area contributed by atoms with Gasteiger partial charge in [0.15, 0.2) is 0 Å². The SMILES string of the molecule is CC(NS(=O)(=O)c1ccc(NC(=O)C2CSC3(C)CCC(=O)N23)cc1)C1CC2CCC1C2. The number of carbonyl (C=O) groups excluding carboxylic acids is 2. The van der Waals surface area contributed by atoms with E-state index in [0.29, 0.717) is 29.7 Å². The molecule has 2 saturated heterocycles. The molecule has 2 aliphatic heterocycles. The third kappa shape index (κ3) is 3.86. The summed E-state index contributed by atoms with van der Waals surface area (Å²) in [6, 6.07) is 5.71. The molecule has 5 rings (SSSR count). The minimum absolute atomic E-state index is 0.0229. The highest BCUT2D eigenvalue weighted by Gasteiger charge is 2.53. The minimum atomic E-state index is -3.62. The number of nitrogens with zero attached hydrogens (tertiary/aromatic N) is 1. The second-order valence-corrected chi connectivity index (χ2v) is 13.2. The summed E-state index contributed by atoms with van der Waals surface area (Å²) in [5.41, 5.74) is 0.528. The minimum Gasteiger partial charge on any atom is -0.324 e. The van der Waals surface area contributed by atoms with Gasteiger partial charge in [-0.1, -0.05) is 6.42 Å². The summed E-state index contributed by atoms with van der Waals surface area (Å²) in [6.07, 6.45) is 6.12. The quantitative estimate of drug-likeness (QED) is 0.656. The van der Waals surface area contributed by atoms with Crippen LogP contribution in [0.5, 0.6) is 0 Å². The van der Waals surface area contributed by atoms with Crippen molar-refractivity contribution >= 4 is 39.3 Å². The van der Waals surface area contributed by atoms with Crippen LogP contribution in [0.15, 0.2) is 29.2 Å². The molecule has 2 amide bonds. The lowest BCUT2D eigenvalue weighted by Crippen LogP contribution is -2.48. The van der Waals surface area contributed by atoms with Gasteiger partial charge in [-0.2, -0.15) is 0 Å². The largest absolute Gasteiger partial charge is 0.324 e. The summed E-state index contributed by atoms with van der Waals surface area (Å²) >= 11 is 1.65. The van der Waals surface area contributed by atoms with Gasteiger partial charge in [-0.15, -0.1) is 11.8 Å². The lowest BCUT2D eigenvalue weighted by Gasteiger charge is -2.29. The molecule has 9 heteroatoms. The van der Waals surface area contributed by atoms with Crippen molar-refractivity contribution in [3.05, 3.63) is 24.3 Å². The van der Waals surface area contributed by atoms with E-state index < -0.39 is 16.1 Å². The molecule has 6 unspecified atom stereocenters. The molecule has 0 radical (unpaired) electrons. The van der Waals surface area contributed by atoms with Crippen LogP contribution in [0.25, 0.3) is 0 Å². The zero-order valence-corrected chi connectivity index (χ0v) is 20.2. The van der Waals surface area contributed by atoms with Gasteiger partial charge >= 0.3 is 0 Å². The molecule has 2 saturated carbocycles. The monoisotopic (exact) mass is 477 g/mol. The standard InChI is InChI=1S/C23H31N3O4S2/c1-14(19-12-15-3-4-16(19)11-15)25-32(29,30)18-7-5-17(6-8-18)24-22(28)20-13-31-23(2)10-9-21(27)26(20)23/h5-8,14-16,19-20,25H,3-4,9-13H2,1-2H3,(H,24,28). The summed E-state index contributed by atoms with van der Waals surface area (Å²) < 4.78 is 28.7. The summed E-state index contributed by atoms with van der Waals surface area (Å²) in [5.74, 6) is 2.21. The number of hydrogen-bond acceptors (Lipinski definition) is 5. The molecule has 174 valence electrons. The number of rotatable bonds is 6. The van der Waals surface area contributed by atoms with Gasteiger partial charge in [0.25, 0.3) is 0 Å². The maximum atomic E-state index is 12.9. The average Bonchev–Trinajstić information content (AvgIpc) is 3.51. The Labute approximate surface area is 194 Å². The van der Waals surface area contributed by atoms with Crippen LogP contribution in [-0.2, 0) is 19.6 Å². The molecule has 0 aromatic heterocycles. The Morgan fingerprint density at radius 2 is 1.97 bits per heavy atom. The maximum Gasteiger partial charge on any atom is 0.248 e. The topological polar surface area (TPSA) is 95.6 Å². The third-order valence-corrected chi connectivity index (χ3v) is 11.0. The lowest BCUT2D eigenvalue weighted by molar-refractivity contribution is -0.135.